The number of rotatable bonds is 7. The summed E-state index contributed by atoms with van der Waals surface area (Å²) >= 11 is 0. The van der Waals surface area contributed by atoms with Crippen LogP contribution in [0.1, 0.15) is 49.0 Å². The van der Waals surface area contributed by atoms with E-state index in [1.807, 2.05) is 0 Å². The molecule has 0 aliphatic rings. The summed E-state index contributed by atoms with van der Waals surface area (Å²) in [7, 11) is 0. The molecule has 0 saturated heterocycles. The lowest BCUT2D eigenvalue weighted by molar-refractivity contribution is -0.145. The minimum atomic E-state index is -0.608. The van der Waals surface area contributed by atoms with Gasteiger partial charge >= 0.3 is 5.97 Å². The number of esters is 1. The first-order valence-corrected chi connectivity index (χ1v) is 8.42. The zero-order valence-corrected chi connectivity index (χ0v) is 15.0. The third-order valence-electron chi connectivity index (χ3n) is 4.20. The molecule has 0 saturated carbocycles. The quantitative estimate of drug-likeness (QED) is 0.421. The first kappa shape index (κ1) is 19.5. The summed E-state index contributed by atoms with van der Waals surface area (Å²) in [6.45, 7) is 4.99. The van der Waals surface area contributed by atoms with Crippen LogP contribution >= 0.6 is 0 Å². The van der Waals surface area contributed by atoms with Crippen molar-refractivity contribution in [1.82, 2.24) is 0 Å². The Morgan fingerprint density at radius 1 is 1.08 bits per heavy atom. The Morgan fingerprint density at radius 2 is 1.73 bits per heavy atom. The zero-order chi connectivity index (χ0) is 19.3. The van der Waals surface area contributed by atoms with Crippen LogP contribution in [-0.4, -0.2) is 24.1 Å². The Morgan fingerprint density at radius 3 is 2.27 bits per heavy atom. The minimum Gasteiger partial charge on any atom is -0.466 e. The lowest BCUT2D eigenvalue weighted by Gasteiger charge is -2.12. The number of Topliss-reactive ketones (excluding diaryl/α,β-unsaturated/α-hetero) is 2. The van der Waals surface area contributed by atoms with Crippen molar-refractivity contribution in [3.63, 3.8) is 0 Å². The highest BCUT2D eigenvalue weighted by Crippen LogP contribution is 2.27. The van der Waals surface area contributed by atoms with Crippen LogP contribution in [0.4, 0.5) is 4.39 Å². The van der Waals surface area contributed by atoms with E-state index < -0.39 is 17.7 Å². The van der Waals surface area contributed by atoms with Crippen molar-refractivity contribution in [2.75, 3.05) is 6.61 Å². The highest BCUT2D eigenvalue weighted by atomic mass is 19.1. The molecule has 1 atom stereocenters. The first-order valence-electron chi connectivity index (χ1n) is 8.42. The minimum absolute atomic E-state index is 0.0543. The molecule has 2 rings (SSSR count). The first-order chi connectivity index (χ1) is 12.3. The molecular formula is C21H21FO4. The number of carbonyl (C=O) groups excluding carboxylic acids is 3. The molecule has 0 amide bonds. The van der Waals surface area contributed by atoms with E-state index in [1.165, 1.54) is 13.0 Å². The molecule has 2 aromatic rings. The smallest absolute Gasteiger partial charge is 0.313 e. The summed E-state index contributed by atoms with van der Waals surface area (Å²) in [5.74, 6) is -2.02. The number of halogens is 1. The third-order valence-corrected chi connectivity index (χ3v) is 4.20. The summed E-state index contributed by atoms with van der Waals surface area (Å²) in [5, 5.41) is 0. The summed E-state index contributed by atoms with van der Waals surface area (Å²) in [6, 6.07) is 11.2. The van der Waals surface area contributed by atoms with E-state index in [0.29, 0.717) is 22.3 Å². The number of hydrogen-bond donors (Lipinski definition) is 0. The van der Waals surface area contributed by atoms with Gasteiger partial charge in [0.25, 0.3) is 0 Å². The molecule has 0 heterocycles. The van der Waals surface area contributed by atoms with Crippen LogP contribution in [0.5, 0.6) is 0 Å². The van der Waals surface area contributed by atoms with Crippen molar-refractivity contribution >= 4 is 17.5 Å². The van der Waals surface area contributed by atoms with Crippen molar-refractivity contribution in [2.45, 2.75) is 33.1 Å². The molecule has 0 bridgehead atoms. The summed E-state index contributed by atoms with van der Waals surface area (Å²) in [4.78, 5) is 34.9. The number of ether oxygens (including phenoxy) is 1. The second-order valence-electron chi connectivity index (χ2n) is 6.04. The van der Waals surface area contributed by atoms with Gasteiger partial charge in [0.15, 0.2) is 11.6 Å². The van der Waals surface area contributed by atoms with Crippen LogP contribution in [0.3, 0.4) is 0 Å². The van der Waals surface area contributed by atoms with Gasteiger partial charge in [0.05, 0.1) is 6.61 Å². The number of ketones is 2. The Balaban J connectivity index is 2.19. The largest absolute Gasteiger partial charge is 0.466 e. The van der Waals surface area contributed by atoms with E-state index in [-0.39, 0.29) is 24.6 Å². The highest BCUT2D eigenvalue weighted by molar-refractivity contribution is 5.99. The van der Waals surface area contributed by atoms with Crippen molar-refractivity contribution < 1.29 is 23.5 Å². The number of hydrogen-bond acceptors (Lipinski definition) is 4. The molecule has 0 aliphatic carbocycles. The number of carbonyl (C=O) groups is 3. The summed E-state index contributed by atoms with van der Waals surface area (Å²) in [6.07, 6.45) is -0.328. The van der Waals surface area contributed by atoms with Crippen LogP contribution < -0.4 is 0 Å². The molecule has 4 nitrogen and oxygen atoms in total. The topological polar surface area (TPSA) is 60.4 Å². The Kier molecular flexibility index (Phi) is 6.39. The lowest BCUT2D eigenvalue weighted by Crippen LogP contribution is -2.16. The van der Waals surface area contributed by atoms with Crippen molar-refractivity contribution in [2.24, 2.45) is 0 Å². The van der Waals surface area contributed by atoms with E-state index in [0.717, 1.165) is 0 Å². The van der Waals surface area contributed by atoms with Crippen LogP contribution in [0.15, 0.2) is 42.5 Å². The van der Waals surface area contributed by atoms with E-state index in [1.54, 1.807) is 50.2 Å². The van der Waals surface area contributed by atoms with Gasteiger partial charge in [-0.15, -0.1) is 0 Å². The fourth-order valence-electron chi connectivity index (χ4n) is 2.61. The Bertz CT molecular complexity index is 824. The fraction of sp³-hybridized carbons (Fsp3) is 0.286. The van der Waals surface area contributed by atoms with Gasteiger partial charge in [-0.2, -0.15) is 0 Å². The standard InChI is InChI=1S/C21H21FO4/c1-4-26-21(25)12-20(24)13(2)17-9-10-18(19(22)11-17)16-7-5-15(6-8-16)14(3)23/h5-11,13H,4,12H2,1-3H3. The van der Waals surface area contributed by atoms with Crippen molar-refractivity contribution in [1.29, 1.82) is 0 Å². The summed E-state index contributed by atoms with van der Waals surface area (Å²) < 4.78 is 19.3. The van der Waals surface area contributed by atoms with Gasteiger partial charge in [-0.25, -0.2) is 4.39 Å². The predicted octanol–water partition coefficient (Wildman–Crippen LogP) is 4.32. The fourth-order valence-corrected chi connectivity index (χ4v) is 2.61. The molecule has 0 aromatic heterocycles. The third kappa shape index (κ3) is 4.63. The van der Waals surface area contributed by atoms with E-state index in [9.17, 15) is 18.8 Å². The van der Waals surface area contributed by atoms with Gasteiger partial charge < -0.3 is 4.74 Å². The predicted molar refractivity (Wildman–Crippen MR) is 96.5 cm³/mol. The van der Waals surface area contributed by atoms with Gasteiger partial charge in [0.2, 0.25) is 0 Å². The highest BCUT2D eigenvalue weighted by Gasteiger charge is 2.20. The molecule has 2 aromatic carbocycles. The molecule has 0 aliphatic heterocycles. The van der Waals surface area contributed by atoms with Gasteiger partial charge in [-0.1, -0.05) is 43.3 Å². The molecule has 1 unspecified atom stereocenters. The molecule has 5 heteroatoms. The molecule has 0 spiro atoms. The van der Waals surface area contributed by atoms with Gasteiger partial charge in [0.1, 0.15) is 12.2 Å². The lowest BCUT2D eigenvalue weighted by atomic mass is 9.92. The molecule has 0 radical (unpaired) electrons. The van der Waals surface area contributed by atoms with Crippen molar-refractivity contribution in [3.8, 4) is 11.1 Å². The molecule has 0 fully saturated rings. The van der Waals surface area contributed by atoms with E-state index in [4.69, 9.17) is 4.74 Å². The van der Waals surface area contributed by atoms with E-state index in [2.05, 4.69) is 0 Å². The van der Waals surface area contributed by atoms with Crippen LogP contribution in [0.25, 0.3) is 11.1 Å². The Hall–Kier alpha value is -2.82. The second-order valence-corrected chi connectivity index (χ2v) is 6.04. The maximum absolute atomic E-state index is 14.5. The average molecular weight is 356 g/mol. The van der Waals surface area contributed by atoms with Gasteiger partial charge in [-0.05, 0) is 31.0 Å². The molecule has 0 N–H and O–H groups in total. The van der Waals surface area contributed by atoms with Crippen LogP contribution in [0, 0.1) is 5.82 Å². The second kappa shape index (κ2) is 8.52. The molecular weight excluding hydrogens is 335 g/mol. The number of benzene rings is 2. The molecule has 136 valence electrons. The van der Waals surface area contributed by atoms with Crippen LogP contribution in [-0.2, 0) is 14.3 Å². The maximum Gasteiger partial charge on any atom is 0.313 e. The van der Waals surface area contributed by atoms with Gasteiger partial charge in [-0.3, -0.25) is 14.4 Å². The normalized spacial score (nSPS) is 11.7. The van der Waals surface area contributed by atoms with Crippen LogP contribution in [0.2, 0.25) is 0 Å². The monoisotopic (exact) mass is 356 g/mol. The molecule has 26 heavy (non-hydrogen) atoms. The van der Waals surface area contributed by atoms with Gasteiger partial charge in [0, 0.05) is 17.0 Å². The zero-order valence-electron chi connectivity index (χ0n) is 15.0. The van der Waals surface area contributed by atoms with E-state index >= 15 is 0 Å². The Labute approximate surface area is 152 Å². The summed E-state index contributed by atoms with van der Waals surface area (Å²) in [5.41, 5.74) is 2.09. The van der Waals surface area contributed by atoms with Crippen molar-refractivity contribution in [3.05, 3.63) is 59.4 Å². The average Bonchev–Trinajstić information content (AvgIpc) is 2.61. The maximum atomic E-state index is 14.5. The SMILES string of the molecule is CCOC(=O)CC(=O)C(C)c1ccc(-c2ccc(C(C)=O)cc2)c(F)c1.